The summed E-state index contributed by atoms with van der Waals surface area (Å²) in [5.41, 5.74) is 0.135. The maximum absolute atomic E-state index is 5.46. The average Bonchev–Trinajstić information content (AvgIpc) is 2.41. The molecule has 0 saturated carbocycles. The van der Waals surface area contributed by atoms with Gasteiger partial charge in [0, 0.05) is 19.6 Å². The summed E-state index contributed by atoms with van der Waals surface area (Å²) >= 11 is 0. The number of anilines is 2. The van der Waals surface area contributed by atoms with Gasteiger partial charge in [-0.3, -0.25) is 0 Å². The van der Waals surface area contributed by atoms with Crippen molar-refractivity contribution in [3.8, 4) is 5.75 Å². The quantitative estimate of drug-likeness (QED) is 0.729. The molecule has 0 amide bonds. The van der Waals surface area contributed by atoms with Crippen LogP contribution in [0, 0.1) is 5.41 Å². The van der Waals surface area contributed by atoms with E-state index in [9.17, 15) is 0 Å². The zero-order chi connectivity index (χ0) is 15.9. The van der Waals surface area contributed by atoms with Crippen molar-refractivity contribution in [2.45, 2.75) is 27.2 Å². The highest BCUT2D eigenvalue weighted by Gasteiger charge is 2.20. The summed E-state index contributed by atoms with van der Waals surface area (Å²) in [6, 6.07) is 0. The zero-order valence-electron chi connectivity index (χ0n) is 14.2. The predicted molar refractivity (Wildman–Crippen MR) is 88.2 cm³/mol. The molecule has 0 spiro atoms. The fourth-order valence-electron chi connectivity index (χ4n) is 2.30. The average molecular weight is 295 g/mol. The molecule has 1 aromatic heterocycles. The first-order valence-electron chi connectivity index (χ1n) is 7.41. The summed E-state index contributed by atoms with van der Waals surface area (Å²) < 4.78 is 5.46. The van der Waals surface area contributed by atoms with Crippen LogP contribution in [0.1, 0.15) is 27.2 Å². The predicted octanol–water partition coefficient (Wildman–Crippen LogP) is 2.31. The van der Waals surface area contributed by atoms with Crippen molar-refractivity contribution >= 4 is 11.6 Å². The van der Waals surface area contributed by atoms with Gasteiger partial charge in [0.25, 0.3) is 0 Å². The van der Waals surface area contributed by atoms with Gasteiger partial charge in [-0.15, -0.1) is 0 Å². The van der Waals surface area contributed by atoms with Crippen LogP contribution in [-0.2, 0) is 0 Å². The summed E-state index contributed by atoms with van der Waals surface area (Å²) in [5, 5.41) is 6.64. The molecule has 6 nitrogen and oxygen atoms in total. The Morgan fingerprint density at radius 2 is 1.81 bits per heavy atom. The molecule has 0 saturated heterocycles. The molecule has 120 valence electrons. The first kappa shape index (κ1) is 17.5. The van der Waals surface area contributed by atoms with Crippen molar-refractivity contribution in [3.05, 3.63) is 6.33 Å². The molecular weight excluding hydrogens is 266 g/mol. The van der Waals surface area contributed by atoms with Crippen molar-refractivity contribution in [1.82, 2.24) is 14.9 Å². The minimum atomic E-state index is 0.135. The van der Waals surface area contributed by atoms with E-state index in [1.165, 1.54) is 0 Å². The van der Waals surface area contributed by atoms with Gasteiger partial charge in [0.15, 0.2) is 11.6 Å². The third kappa shape index (κ3) is 5.75. The maximum atomic E-state index is 5.46. The topological polar surface area (TPSA) is 62.3 Å². The molecular formula is C15H29N5O. The van der Waals surface area contributed by atoms with Crippen molar-refractivity contribution < 1.29 is 4.74 Å². The Bertz CT molecular complexity index is 434. The van der Waals surface area contributed by atoms with E-state index in [-0.39, 0.29) is 5.41 Å². The lowest BCUT2D eigenvalue weighted by atomic mass is 9.93. The Balaban J connectivity index is 2.78. The Morgan fingerprint density at radius 3 is 2.33 bits per heavy atom. The third-order valence-corrected chi connectivity index (χ3v) is 3.03. The number of ether oxygens (including phenoxy) is 1. The molecule has 0 aliphatic heterocycles. The fraction of sp³-hybridized carbons (Fsp3) is 0.733. The highest BCUT2D eigenvalue weighted by molar-refractivity contribution is 5.63. The highest BCUT2D eigenvalue weighted by atomic mass is 16.5. The van der Waals surface area contributed by atoms with E-state index >= 15 is 0 Å². The van der Waals surface area contributed by atoms with Crippen LogP contribution in [0.4, 0.5) is 11.6 Å². The van der Waals surface area contributed by atoms with Gasteiger partial charge in [0.05, 0.1) is 7.11 Å². The fourth-order valence-corrected chi connectivity index (χ4v) is 2.30. The molecule has 0 aliphatic carbocycles. The molecule has 1 heterocycles. The second kappa shape index (κ2) is 8.02. The standard InChI is InChI=1S/C15H29N5O/c1-7-8-16-13-12(21-6)14(19-11-18-13)17-9-15(2,3)10-20(4)5/h11H,7-10H2,1-6H3,(H2,16,17,18,19). The Morgan fingerprint density at radius 1 is 1.19 bits per heavy atom. The van der Waals surface area contributed by atoms with Crippen molar-refractivity contribution in [2.24, 2.45) is 5.41 Å². The smallest absolute Gasteiger partial charge is 0.204 e. The molecule has 0 aromatic carbocycles. The molecule has 6 heteroatoms. The zero-order valence-corrected chi connectivity index (χ0v) is 14.2. The van der Waals surface area contributed by atoms with E-state index < -0.39 is 0 Å². The number of aromatic nitrogens is 2. The molecule has 2 N–H and O–H groups in total. The molecule has 21 heavy (non-hydrogen) atoms. The van der Waals surface area contributed by atoms with Gasteiger partial charge in [-0.05, 0) is 25.9 Å². The van der Waals surface area contributed by atoms with Crippen LogP contribution in [0.5, 0.6) is 5.75 Å². The minimum Gasteiger partial charge on any atom is -0.490 e. The van der Waals surface area contributed by atoms with Gasteiger partial charge in [-0.1, -0.05) is 20.8 Å². The van der Waals surface area contributed by atoms with Crippen LogP contribution in [0.25, 0.3) is 0 Å². The van der Waals surface area contributed by atoms with E-state index in [2.05, 4.69) is 60.4 Å². The van der Waals surface area contributed by atoms with E-state index in [1.54, 1.807) is 13.4 Å². The summed E-state index contributed by atoms with van der Waals surface area (Å²) in [7, 11) is 5.81. The van der Waals surface area contributed by atoms with Crippen molar-refractivity contribution in [2.75, 3.05) is 51.5 Å². The number of rotatable bonds is 9. The van der Waals surface area contributed by atoms with Gasteiger partial charge in [-0.25, -0.2) is 9.97 Å². The molecule has 0 unspecified atom stereocenters. The Kier molecular flexibility index (Phi) is 6.68. The van der Waals surface area contributed by atoms with Crippen LogP contribution < -0.4 is 15.4 Å². The maximum Gasteiger partial charge on any atom is 0.204 e. The summed E-state index contributed by atoms with van der Waals surface area (Å²) in [6.07, 6.45) is 2.59. The van der Waals surface area contributed by atoms with Gasteiger partial charge < -0.3 is 20.3 Å². The Hall–Kier alpha value is -1.56. The van der Waals surface area contributed by atoms with Crippen LogP contribution in [0.15, 0.2) is 6.33 Å². The van der Waals surface area contributed by atoms with Crippen LogP contribution in [0.2, 0.25) is 0 Å². The van der Waals surface area contributed by atoms with Gasteiger partial charge in [0.2, 0.25) is 5.75 Å². The Labute approximate surface area is 128 Å². The van der Waals surface area contributed by atoms with E-state index in [0.717, 1.165) is 37.7 Å². The third-order valence-electron chi connectivity index (χ3n) is 3.03. The normalized spacial score (nSPS) is 11.6. The molecule has 0 aliphatic rings. The molecule has 1 aromatic rings. The van der Waals surface area contributed by atoms with E-state index in [1.807, 2.05) is 0 Å². The molecule has 0 fully saturated rings. The van der Waals surface area contributed by atoms with Crippen molar-refractivity contribution in [3.63, 3.8) is 0 Å². The summed E-state index contributed by atoms with van der Waals surface area (Å²) in [4.78, 5) is 10.7. The number of hydrogen-bond acceptors (Lipinski definition) is 6. The molecule has 1 rings (SSSR count). The monoisotopic (exact) mass is 295 g/mol. The summed E-state index contributed by atoms with van der Waals surface area (Å²) in [6.45, 7) is 9.23. The molecule has 0 bridgehead atoms. The second-order valence-corrected chi connectivity index (χ2v) is 6.29. The van der Waals surface area contributed by atoms with Gasteiger partial charge in [-0.2, -0.15) is 0 Å². The van der Waals surface area contributed by atoms with Crippen LogP contribution >= 0.6 is 0 Å². The molecule has 0 atom stereocenters. The first-order valence-corrected chi connectivity index (χ1v) is 7.41. The SMILES string of the molecule is CCCNc1ncnc(NCC(C)(C)CN(C)C)c1OC. The van der Waals surface area contributed by atoms with Crippen molar-refractivity contribution in [1.29, 1.82) is 0 Å². The van der Waals surface area contributed by atoms with Crippen LogP contribution in [-0.4, -0.2) is 55.7 Å². The lowest BCUT2D eigenvalue weighted by molar-refractivity contribution is 0.254. The number of hydrogen-bond donors (Lipinski definition) is 2. The van der Waals surface area contributed by atoms with Gasteiger partial charge in [0.1, 0.15) is 6.33 Å². The highest BCUT2D eigenvalue weighted by Crippen LogP contribution is 2.29. The van der Waals surface area contributed by atoms with E-state index in [0.29, 0.717) is 5.75 Å². The van der Waals surface area contributed by atoms with Crippen LogP contribution in [0.3, 0.4) is 0 Å². The number of methoxy groups -OCH3 is 1. The first-order chi connectivity index (χ1) is 9.89. The summed E-state index contributed by atoms with van der Waals surface area (Å²) in [5.74, 6) is 2.15. The number of nitrogens with one attached hydrogen (secondary N) is 2. The lowest BCUT2D eigenvalue weighted by Crippen LogP contribution is -2.34. The number of nitrogens with zero attached hydrogens (tertiary/aromatic N) is 3. The van der Waals surface area contributed by atoms with Gasteiger partial charge >= 0.3 is 0 Å². The second-order valence-electron chi connectivity index (χ2n) is 6.29. The molecule has 0 radical (unpaired) electrons. The minimum absolute atomic E-state index is 0.135. The lowest BCUT2D eigenvalue weighted by Gasteiger charge is -2.29. The largest absolute Gasteiger partial charge is 0.490 e. The van der Waals surface area contributed by atoms with E-state index in [4.69, 9.17) is 4.74 Å².